The molecule has 1 amide bonds. The van der Waals surface area contributed by atoms with E-state index in [9.17, 15) is 9.90 Å². The maximum atomic E-state index is 10.6. The number of carbonyl (C=O) groups is 1. The zero-order valence-electron chi connectivity index (χ0n) is 9.09. The molecule has 0 aliphatic heterocycles. The number of aromatic hydroxyl groups is 1. The van der Waals surface area contributed by atoms with Gasteiger partial charge in [-0.15, -0.1) is 0 Å². The van der Waals surface area contributed by atoms with Gasteiger partial charge in [0.05, 0.1) is 5.02 Å². The molecule has 0 radical (unpaired) electrons. The zero-order chi connectivity index (χ0) is 12.0. The summed E-state index contributed by atoms with van der Waals surface area (Å²) in [6, 6.07) is 5.22. The molecule has 1 aromatic rings. The molecule has 5 heteroatoms. The first kappa shape index (κ1) is 12.8. The van der Waals surface area contributed by atoms with Crippen molar-refractivity contribution in [1.82, 2.24) is 10.6 Å². The summed E-state index contributed by atoms with van der Waals surface area (Å²) in [6.07, 6.45) is 0. The van der Waals surface area contributed by atoms with Gasteiger partial charge in [-0.25, -0.2) is 0 Å². The quantitative estimate of drug-likeness (QED) is 0.682. The van der Waals surface area contributed by atoms with Crippen molar-refractivity contribution in [3.05, 3.63) is 28.8 Å². The van der Waals surface area contributed by atoms with Gasteiger partial charge in [0.15, 0.2) is 0 Å². The molecule has 1 rings (SSSR count). The second kappa shape index (κ2) is 6.35. The van der Waals surface area contributed by atoms with E-state index < -0.39 is 0 Å². The number of benzene rings is 1. The van der Waals surface area contributed by atoms with Crippen molar-refractivity contribution in [3.63, 3.8) is 0 Å². The minimum Gasteiger partial charge on any atom is -0.506 e. The van der Waals surface area contributed by atoms with Crippen LogP contribution in [-0.4, -0.2) is 24.1 Å². The van der Waals surface area contributed by atoms with Crippen molar-refractivity contribution in [1.29, 1.82) is 0 Å². The van der Waals surface area contributed by atoms with E-state index in [0.29, 0.717) is 24.7 Å². The molecule has 0 aliphatic rings. The van der Waals surface area contributed by atoms with Crippen molar-refractivity contribution in [2.45, 2.75) is 13.5 Å². The van der Waals surface area contributed by atoms with Crippen LogP contribution in [-0.2, 0) is 11.3 Å². The number of amides is 1. The highest BCUT2D eigenvalue weighted by Gasteiger charge is 2.03. The Morgan fingerprint density at radius 3 is 2.88 bits per heavy atom. The number of rotatable bonds is 5. The van der Waals surface area contributed by atoms with Crippen molar-refractivity contribution in [3.8, 4) is 5.75 Å². The van der Waals surface area contributed by atoms with Gasteiger partial charge >= 0.3 is 0 Å². The first-order chi connectivity index (χ1) is 7.61. The van der Waals surface area contributed by atoms with Crippen LogP contribution in [0.3, 0.4) is 0 Å². The molecule has 0 spiro atoms. The molecule has 0 fully saturated rings. The van der Waals surface area contributed by atoms with Crippen LogP contribution in [0.1, 0.15) is 12.5 Å². The molecule has 0 saturated heterocycles. The molecule has 0 aromatic heterocycles. The molecule has 88 valence electrons. The number of halogens is 1. The minimum atomic E-state index is -0.0487. The third kappa shape index (κ3) is 4.08. The van der Waals surface area contributed by atoms with Crippen LogP contribution < -0.4 is 10.6 Å². The molecular weight excluding hydrogens is 228 g/mol. The summed E-state index contributed by atoms with van der Waals surface area (Å²) in [4.78, 5) is 10.6. The molecule has 16 heavy (non-hydrogen) atoms. The van der Waals surface area contributed by atoms with E-state index in [1.165, 1.54) is 6.92 Å². The third-order valence-electron chi connectivity index (χ3n) is 2.06. The monoisotopic (exact) mass is 242 g/mol. The summed E-state index contributed by atoms with van der Waals surface area (Å²) in [7, 11) is 0. The van der Waals surface area contributed by atoms with E-state index in [4.69, 9.17) is 11.6 Å². The van der Waals surface area contributed by atoms with Crippen LogP contribution in [0, 0.1) is 0 Å². The highest BCUT2D eigenvalue weighted by Crippen LogP contribution is 2.26. The van der Waals surface area contributed by atoms with Crippen LogP contribution in [0.15, 0.2) is 18.2 Å². The van der Waals surface area contributed by atoms with Crippen LogP contribution >= 0.6 is 11.6 Å². The predicted molar refractivity (Wildman–Crippen MR) is 63.5 cm³/mol. The highest BCUT2D eigenvalue weighted by molar-refractivity contribution is 6.32. The van der Waals surface area contributed by atoms with Gasteiger partial charge in [-0.2, -0.15) is 0 Å². The molecule has 0 atom stereocenters. The van der Waals surface area contributed by atoms with Gasteiger partial charge in [-0.05, 0) is 6.07 Å². The van der Waals surface area contributed by atoms with Crippen molar-refractivity contribution >= 4 is 17.5 Å². The fourth-order valence-corrected chi connectivity index (χ4v) is 1.45. The van der Waals surface area contributed by atoms with Crippen molar-refractivity contribution < 1.29 is 9.90 Å². The number of hydrogen-bond donors (Lipinski definition) is 3. The molecule has 0 saturated carbocycles. The number of hydrogen-bond acceptors (Lipinski definition) is 3. The maximum absolute atomic E-state index is 10.6. The number of phenols is 1. The van der Waals surface area contributed by atoms with Gasteiger partial charge in [-0.1, -0.05) is 23.7 Å². The summed E-state index contributed by atoms with van der Waals surface area (Å²) in [5.41, 5.74) is 0.746. The van der Waals surface area contributed by atoms with Crippen LogP contribution in [0.5, 0.6) is 5.75 Å². The molecule has 0 bridgehead atoms. The van der Waals surface area contributed by atoms with E-state index in [0.717, 1.165) is 5.56 Å². The van der Waals surface area contributed by atoms with Gasteiger partial charge in [0.25, 0.3) is 0 Å². The lowest BCUT2D eigenvalue weighted by Crippen LogP contribution is -2.29. The van der Waals surface area contributed by atoms with E-state index in [2.05, 4.69) is 10.6 Å². The second-order valence-corrected chi connectivity index (χ2v) is 3.81. The molecule has 0 unspecified atom stereocenters. The lowest BCUT2D eigenvalue weighted by molar-refractivity contribution is -0.118. The smallest absolute Gasteiger partial charge is 0.216 e. The summed E-state index contributed by atoms with van der Waals surface area (Å²) in [6.45, 7) is 3.21. The fraction of sp³-hybridized carbons (Fsp3) is 0.364. The Kier molecular flexibility index (Phi) is 5.08. The largest absolute Gasteiger partial charge is 0.506 e. The van der Waals surface area contributed by atoms with E-state index in [1.54, 1.807) is 18.2 Å². The van der Waals surface area contributed by atoms with Gasteiger partial charge in [0.2, 0.25) is 5.91 Å². The summed E-state index contributed by atoms with van der Waals surface area (Å²) in [5, 5.41) is 15.7. The Labute approximate surface area is 99.6 Å². The topological polar surface area (TPSA) is 61.4 Å². The van der Waals surface area contributed by atoms with Gasteiger partial charge < -0.3 is 15.7 Å². The van der Waals surface area contributed by atoms with Crippen molar-refractivity contribution in [2.24, 2.45) is 0 Å². The number of phenolic OH excluding ortho intramolecular Hbond substituents is 1. The third-order valence-corrected chi connectivity index (χ3v) is 2.37. The van der Waals surface area contributed by atoms with E-state index >= 15 is 0 Å². The molecule has 3 N–H and O–H groups in total. The highest BCUT2D eigenvalue weighted by atomic mass is 35.5. The van der Waals surface area contributed by atoms with Crippen molar-refractivity contribution in [2.75, 3.05) is 13.1 Å². The van der Waals surface area contributed by atoms with Gasteiger partial charge in [0.1, 0.15) is 5.75 Å². The SMILES string of the molecule is CC(=O)NCCNCc1cccc(Cl)c1O. The molecular formula is C11H15ClN2O2. The first-order valence-corrected chi connectivity index (χ1v) is 5.40. The minimum absolute atomic E-state index is 0.0487. The van der Waals surface area contributed by atoms with Crippen LogP contribution in [0.4, 0.5) is 0 Å². The molecule has 4 nitrogen and oxygen atoms in total. The fourth-order valence-electron chi connectivity index (χ4n) is 1.25. The number of carbonyl (C=O) groups excluding carboxylic acids is 1. The molecule has 0 heterocycles. The average Bonchev–Trinajstić information content (AvgIpc) is 2.23. The Bertz CT molecular complexity index is 369. The Morgan fingerprint density at radius 2 is 2.19 bits per heavy atom. The van der Waals surface area contributed by atoms with Gasteiger partial charge in [0, 0.05) is 32.1 Å². The lowest BCUT2D eigenvalue weighted by atomic mass is 10.2. The summed E-state index contributed by atoms with van der Waals surface area (Å²) >= 11 is 5.76. The van der Waals surface area contributed by atoms with Crippen LogP contribution in [0.25, 0.3) is 0 Å². The Hall–Kier alpha value is -1.26. The summed E-state index contributed by atoms with van der Waals surface area (Å²) in [5.74, 6) is 0.0589. The predicted octanol–water partition coefficient (Wildman–Crippen LogP) is 1.27. The Morgan fingerprint density at radius 1 is 1.44 bits per heavy atom. The van der Waals surface area contributed by atoms with Crippen LogP contribution in [0.2, 0.25) is 5.02 Å². The second-order valence-electron chi connectivity index (χ2n) is 3.41. The molecule has 0 aliphatic carbocycles. The average molecular weight is 243 g/mol. The first-order valence-electron chi connectivity index (χ1n) is 5.02. The standard InChI is InChI=1S/C11H15ClN2O2/c1-8(15)14-6-5-13-7-9-3-2-4-10(12)11(9)16/h2-4,13,16H,5-7H2,1H3,(H,14,15). The number of para-hydroxylation sites is 1. The van der Waals surface area contributed by atoms with E-state index in [-0.39, 0.29) is 11.7 Å². The molecule has 1 aromatic carbocycles. The normalized spacial score (nSPS) is 10.1. The van der Waals surface area contributed by atoms with E-state index in [1.807, 2.05) is 0 Å². The summed E-state index contributed by atoms with van der Waals surface area (Å²) < 4.78 is 0. The Balaban J connectivity index is 2.32. The number of nitrogens with one attached hydrogen (secondary N) is 2. The zero-order valence-corrected chi connectivity index (χ0v) is 9.84. The lowest BCUT2D eigenvalue weighted by Gasteiger charge is -2.07. The van der Waals surface area contributed by atoms with Gasteiger partial charge in [-0.3, -0.25) is 4.79 Å². The maximum Gasteiger partial charge on any atom is 0.216 e.